The lowest BCUT2D eigenvalue weighted by atomic mass is 10.3. The molecule has 7 nitrogen and oxygen atoms in total. The molecule has 2 aromatic rings. The first-order chi connectivity index (χ1) is 9.89. The van der Waals surface area contributed by atoms with Crippen molar-refractivity contribution in [3.63, 3.8) is 0 Å². The first kappa shape index (κ1) is 14.9. The molecule has 1 aliphatic rings. The summed E-state index contributed by atoms with van der Waals surface area (Å²) in [6, 6.07) is 3.24. The van der Waals surface area contributed by atoms with Crippen molar-refractivity contribution < 1.29 is 8.42 Å². The number of nitrogen functional groups attached to an aromatic ring is 1. The molecule has 0 saturated heterocycles. The van der Waals surface area contributed by atoms with Crippen LogP contribution in [0.15, 0.2) is 32.3 Å². The SMILES string of the molecule is Nc1cc(Br)cc(Br)c1S(=O)(=O)N1CCn2cnnc2C1. The van der Waals surface area contributed by atoms with Gasteiger partial charge in [0.05, 0.1) is 12.2 Å². The molecule has 1 aromatic heterocycles. The van der Waals surface area contributed by atoms with Gasteiger partial charge in [0, 0.05) is 22.0 Å². The van der Waals surface area contributed by atoms with Gasteiger partial charge in [0.1, 0.15) is 17.0 Å². The molecular formula is C11H11Br2N5O2S. The number of aromatic nitrogens is 3. The minimum absolute atomic E-state index is 0.0821. The maximum Gasteiger partial charge on any atom is 0.246 e. The van der Waals surface area contributed by atoms with Crippen LogP contribution in [0.4, 0.5) is 5.69 Å². The number of hydrogen-bond acceptors (Lipinski definition) is 5. The van der Waals surface area contributed by atoms with Crippen molar-refractivity contribution in [2.45, 2.75) is 18.0 Å². The van der Waals surface area contributed by atoms with Crippen molar-refractivity contribution in [2.24, 2.45) is 0 Å². The monoisotopic (exact) mass is 435 g/mol. The largest absolute Gasteiger partial charge is 0.398 e. The summed E-state index contributed by atoms with van der Waals surface area (Å²) in [5.74, 6) is 0.622. The van der Waals surface area contributed by atoms with Crippen LogP contribution >= 0.6 is 31.9 Å². The van der Waals surface area contributed by atoms with Gasteiger partial charge >= 0.3 is 0 Å². The predicted octanol–water partition coefficient (Wildman–Crippen LogP) is 1.59. The summed E-state index contributed by atoms with van der Waals surface area (Å²) in [7, 11) is -3.70. The third kappa shape index (κ3) is 2.60. The van der Waals surface area contributed by atoms with Gasteiger partial charge in [-0.1, -0.05) is 15.9 Å². The number of sulfonamides is 1. The number of hydrogen-bond donors (Lipinski definition) is 1. The first-order valence-corrected chi connectivity index (χ1v) is 9.03. The number of halogens is 2. The zero-order valence-corrected chi connectivity index (χ0v) is 14.7. The van der Waals surface area contributed by atoms with Crippen molar-refractivity contribution in [1.29, 1.82) is 0 Å². The predicted molar refractivity (Wildman–Crippen MR) is 83.9 cm³/mol. The molecule has 0 aliphatic carbocycles. The van der Waals surface area contributed by atoms with Crippen LogP contribution < -0.4 is 5.73 Å². The van der Waals surface area contributed by atoms with Crippen LogP contribution in [-0.2, 0) is 23.1 Å². The number of nitrogens with two attached hydrogens (primary N) is 1. The second kappa shape index (κ2) is 5.34. The summed E-state index contributed by atoms with van der Waals surface area (Å²) in [6.45, 7) is 1.06. The van der Waals surface area contributed by atoms with Crippen LogP contribution in [0.3, 0.4) is 0 Å². The van der Waals surface area contributed by atoms with Gasteiger partial charge in [-0.2, -0.15) is 4.31 Å². The Bertz CT molecular complexity index is 782. The molecule has 3 rings (SSSR count). The van der Waals surface area contributed by atoms with E-state index in [0.717, 1.165) is 0 Å². The lowest BCUT2D eigenvalue weighted by molar-refractivity contribution is 0.335. The fourth-order valence-electron chi connectivity index (χ4n) is 2.23. The van der Waals surface area contributed by atoms with E-state index in [4.69, 9.17) is 5.73 Å². The zero-order chi connectivity index (χ0) is 15.2. The highest BCUT2D eigenvalue weighted by Crippen LogP contribution is 2.34. The number of anilines is 1. The quantitative estimate of drug-likeness (QED) is 0.721. The van der Waals surface area contributed by atoms with Gasteiger partial charge in [0.2, 0.25) is 10.0 Å². The molecule has 0 fully saturated rings. The number of rotatable bonds is 2. The topological polar surface area (TPSA) is 94.1 Å². The van der Waals surface area contributed by atoms with E-state index in [2.05, 4.69) is 42.1 Å². The van der Waals surface area contributed by atoms with Gasteiger partial charge in [0.25, 0.3) is 0 Å². The molecule has 0 saturated carbocycles. The van der Waals surface area contributed by atoms with E-state index in [0.29, 0.717) is 27.9 Å². The smallest absolute Gasteiger partial charge is 0.246 e. The van der Waals surface area contributed by atoms with Gasteiger partial charge in [-0.3, -0.25) is 0 Å². The Labute approximate surface area is 138 Å². The van der Waals surface area contributed by atoms with Crippen molar-refractivity contribution in [2.75, 3.05) is 12.3 Å². The number of fused-ring (bicyclic) bond motifs is 1. The molecule has 1 aromatic carbocycles. The first-order valence-electron chi connectivity index (χ1n) is 6.01. The van der Waals surface area contributed by atoms with Crippen LogP contribution in [0, 0.1) is 0 Å². The highest BCUT2D eigenvalue weighted by atomic mass is 79.9. The Morgan fingerprint density at radius 3 is 2.71 bits per heavy atom. The third-order valence-corrected chi connectivity index (χ3v) is 6.55. The maximum absolute atomic E-state index is 12.8. The molecule has 0 bridgehead atoms. The van der Waals surface area contributed by atoms with Crippen LogP contribution in [0.5, 0.6) is 0 Å². The molecule has 0 amide bonds. The molecule has 10 heteroatoms. The molecule has 1 aliphatic heterocycles. The average Bonchev–Trinajstić information content (AvgIpc) is 2.83. The van der Waals surface area contributed by atoms with Crippen LogP contribution in [0.1, 0.15) is 5.82 Å². The van der Waals surface area contributed by atoms with E-state index in [9.17, 15) is 8.42 Å². The Kier molecular flexibility index (Phi) is 3.80. The van der Waals surface area contributed by atoms with Gasteiger partial charge in [0.15, 0.2) is 0 Å². The molecular weight excluding hydrogens is 426 g/mol. The lowest BCUT2D eigenvalue weighted by Crippen LogP contribution is -2.38. The average molecular weight is 437 g/mol. The molecule has 0 unspecified atom stereocenters. The van der Waals surface area contributed by atoms with Gasteiger partial charge in [-0.05, 0) is 28.1 Å². The second-order valence-electron chi connectivity index (χ2n) is 4.59. The number of benzene rings is 1. The van der Waals surface area contributed by atoms with Gasteiger partial charge in [-0.25, -0.2) is 8.42 Å². The van der Waals surface area contributed by atoms with E-state index in [1.807, 2.05) is 4.57 Å². The Morgan fingerprint density at radius 2 is 2.00 bits per heavy atom. The Hall–Kier alpha value is -0.970. The maximum atomic E-state index is 12.8. The fourth-order valence-corrected chi connectivity index (χ4v) is 5.63. The molecule has 112 valence electrons. The summed E-state index contributed by atoms with van der Waals surface area (Å²) in [5.41, 5.74) is 6.09. The summed E-state index contributed by atoms with van der Waals surface area (Å²) in [6.07, 6.45) is 1.60. The van der Waals surface area contributed by atoms with Crippen molar-refractivity contribution in [3.05, 3.63) is 33.2 Å². The molecule has 21 heavy (non-hydrogen) atoms. The summed E-state index contributed by atoms with van der Waals surface area (Å²) >= 11 is 6.56. The lowest BCUT2D eigenvalue weighted by Gasteiger charge is -2.27. The van der Waals surface area contributed by atoms with Crippen LogP contribution in [0.2, 0.25) is 0 Å². The van der Waals surface area contributed by atoms with E-state index >= 15 is 0 Å². The molecule has 0 radical (unpaired) electrons. The third-order valence-electron chi connectivity index (χ3n) is 3.24. The van der Waals surface area contributed by atoms with Crippen molar-refractivity contribution in [1.82, 2.24) is 19.1 Å². The molecule has 2 heterocycles. The molecule has 0 spiro atoms. The van der Waals surface area contributed by atoms with Crippen LogP contribution in [-0.4, -0.2) is 34.0 Å². The van der Waals surface area contributed by atoms with E-state index < -0.39 is 10.0 Å². The minimum Gasteiger partial charge on any atom is -0.398 e. The van der Waals surface area contributed by atoms with Crippen LogP contribution in [0.25, 0.3) is 0 Å². The number of nitrogens with zero attached hydrogens (tertiary/aromatic N) is 4. The normalized spacial score (nSPS) is 15.9. The van der Waals surface area contributed by atoms with Gasteiger partial charge < -0.3 is 10.3 Å². The van der Waals surface area contributed by atoms with E-state index in [1.165, 1.54) is 4.31 Å². The van der Waals surface area contributed by atoms with E-state index in [-0.39, 0.29) is 17.1 Å². The second-order valence-corrected chi connectivity index (χ2v) is 8.23. The summed E-state index contributed by atoms with van der Waals surface area (Å²) < 4.78 is 30.0. The Morgan fingerprint density at radius 1 is 1.24 bits per heavy atom. The fraction of sp³-hybridized carbons (Fsp3) is 0.273. The highest BCUT2D eigenvalue weighted by molar-refractivity contribution is 9.11. The summed E-state index contributed by atoms with van der Waals surface area (Å²) in [4.78, 5) is 0.0821. The zero-order valence-electron chi connectivity index (χ0n) is 10.7. The molecule has 2 N–H and O–H groups in total. The van der Waals surface area contributed by atoms with E-state index in [1.54, 1.807) is 18.5 Å². The van der Waals surface area contributed by atoms with Gasteiger partial charge in [-0.15, -0.1) is 10.2 Å². The Balaban J connectivity index is 2.03. The highest BCUT2D eigenvalue weighted by Gasteiger charge is 2.32. The van der Waals surface area contributed by atoms with Crippen molar-refractivity contribution in [3.8, 4) is 0 Å². The minimum atomic E-state index is -3.70. The molecule has 0 atom stereocenters. The van der Waals surface area contributed by atoms with Crippen molar-refractivity contribution >= 4 is 47.6 Å². The summed E-state index contributed by atoms with van der Waals surface area (Å²) in [5, 5.41) is 7.72. The standard InChI is InChI=1S/C11H11Br2N5O2S/c12-7-3-8(13)11(9(14)4-7)21(19,20)18-2-1-17-6-15-16-10(17)5-18/h3-4,6H,1-2,5,14H2.